The molecule has 1 aromatic carbocycles. The normalized spacial score (nSPS) is 13.8. The summed E-state index contributed by atoms with van der Waals surface area (Å²) in [6.45, 7) is 4.61. The van der Waals surface area contributed by atoms with Gasteiger partial charge < -0.3 is 19.9 Å². The first kappa shape index (κ1) is 17.5. The molecule has 0 aliphatic carbocycles. The Labute approximate surface area is 152 Å². The number of nitriles is 1. The summed E-state index contributed by atoms with van der Waals surface area (Å²) in [6.07, 6.45) is 1.41. The van der Waals surface area contributed by atoms with Gasteiger partial charge in [-0.25, -0.2) is 9.78 Å². The molecule has 0 unspecified atom stereocenters. The molecule has 1 saturated heterocycles. The summed E-state index contributed by atoms with van der Waals surface area (Å²) in [7, 11) is 0. The SMILES string of the molecule is CCOC(=O)N1CCN(c2nccc(Nc3cccc(C#N)c3)n2)CC1. The molecular weight excluding hydrogens is 332 g/mol. The van der Waals surface area contributed by atoms with E-state index in [0.29, 0.717) is 50.1 Å². The maximum absolute atomic E-state index is 11.8. The third-order valence-corrected chi connectivity index (χ3v) is 4.00. The van der Waals surface area contributed by atoms with Crippen molar-refractivity contribution in [3.63, 3.8) is 0 Å². The number of nitrogens with one attached hydrogen (secondary N) is 1. The van der Waals surface area contributed by atoms with E-state index < -0.39 is 0 Å². The van der Waals surface area contributed by atoms with Crippen LogP contribution in [0.1, 0.15) is 12.5 Å². The van der Waals surface area contributed by atoms with Gasteiger partial charge in [-0.3, -0.25) is 0 Å². The molecule has 1 aliphatic rings. The predicted molar refractivity (Wildman–Crippen MR) is 97.3 cm³/mol. The van der Waals surface area contributed by atoms with Crippen LogP contribution >= 0.6 is 0 Å². The van der Waals surface area contributed by atoms with E-state index in [1.807, 2.05) is 17.0 Å². The van der Waals surface area contributed by atoms with Crippen molar-refractivity contribution in [2.75, 3.05) is 43.0 Å². The molecule has 134 valence electrons. The van der Waals surface area contributed by atoms with E-state index in [1.165, 1.54) is 0 Å². The van der Waals surface area contributed by atoms with Crippen LogP contribution in [-0.4, -0.2) is 53.7 Å². The molecule has 2 heterocycles. The Hall–Kier alpha value is -3.34. The topological polar surface area (TPSA) is 94.4 Å². The fraction of sp³-hybridized carbons (Fsp3) is 0.333. The molecule has 1 amide bonds. The first-order chi connectivity index (χ1) is 12.7. The summed E-state index contributed by atoms with van der Waals surface area (Å²) in [5.41, 5.74) is 1.38. The Kier molecular flexibility index (Phi) is 5.49. The number of ether oxygens (including phenoxy) is 1. The zero-order valence-electron chi connectivity index (χ0n) is 14.6. The maximum Gasteiger partial charge on any atom is 0.409 e. The minimum Gasteiger partial charge on any atom is -0.450 e. The van der Waals surface area contributed by atoms with Crippen molar-refractivity contribution in [3.05, 3.63) is 42.1 Å². The van der Waals surface area contributed by atoms with Crippen LogP contribution in [0, 0.1) is 11.3 Å². The van der Waals surface area contributed by atoms with Crippen LogP contribution in [0.5, 0.6) is 0 Å². The summed E-state index contributed by atoms with van der Waals surface area (Å²) >= 11 is 0. The van der Waals surface area contributed by atoms with Crippen LogP contribution in [0.25, 0.3) is 0 Å². The first-order valence-corrected chi connectivity index (χ1v) is 8.46. The smallest absolute Gasteiger partial charge is 0.409 e. The number of nitrogens with zero attached hydrogens (tertiary/aromatic N) is 5. The monoisotopic (exact) mass is 352 g/mol. The number of aromatic nitrogens is 2. The number of carbonyl (C=O) groups excluding carboxylic acids is 1. The molecule has 1 fully saturated rings. The molecule has 0 spiro atoms. The molecule has 2 aromatic rings. The maximum atomic E-state index is 11.8. The quantitative estimate of drug-likeness (QED) is 0.902. The number of amides is 1. The Morgan fingerprint density at radius 3 is 2.85 bits per heavy atom. The molecule has 8 nitrogen and oxygen atoms in total. The van der Waals surface area contributed by atoms with Gasteiger partial charge in [0, 0.05) is 38.1 Å². The number of anilines is 3. The average molecular weight is 352 g/mol. The van der Waals surface area contributed by atoms with Crippen molar-refractivity contribution in [1.82, 2.24) is 14.9 Å². The molecule has 1 aromatic heterocycles. The summed E-state index contributed by atoms with van der Waals surface area (Å²) in [5, 5.41) is 12.2. The second kappa shape index (κ2) is 8.16. The highest BCUT2D eigenvalue weighted by Gasteiger charge is 2.23. The molecule has 1 aliphatic heterocycles. The van der Waals surface area contributed by atoms with Gasteiger partial charge in [-0.1, -0.05) is 6.07 Å². The van der Waals surface area contributed by atoms with Gasteiger partial charge in [0.05, 0.1) is 18.2 Å². The molecular formula is C18H20N6O2. The zero-order chi connectivity index (χ0) is 18.4. The lowest BCUT2D eigenvalue weighted by Gasteiger charge is -2.34. The second-order valence-corrected chi connectivity index (χ2v) is 5.73. The van der Waals surface area contributed by atoms with E-state index in [2.05, 4.69) is 21.4 Å². The van der Waals surface area contributed by atoms with E-state index in [0.717, 1.165) is 5.69 Å². The summed E-state index contributed by atoms with van der Waals surface area (Å²) in [4.78, 5) is 24.4. The van der Waals surface area contributed by atoms with Crippen molar-refractivity contribution in [3.8, 4) is 6.07 Å². The second-order valence-electron chi connectivity index (χ2n) is 5.73. The molecule has 0 atom stereocenters. The molecule has 26 heavy (non-hydrogen) atoms. The lowest BCUT2D eigenvalue weighted by Crippen LogP contribution is -2.49. The van der Waals surface area contributed by atoms with Gasteiger partial charge in [0.15, 0.2) is 0 Å². The molecule has 0 saturated carbocycles. The van der Waals surface area contributed by atoms with Gasteiger partial charge in [-0.15, -0.1) is 0 Å². The van der Waals surface area contributed by atoms with Crippen molar-refractivity contribution in [2.24, 2.45) is 0 Å². The zero-order valence-corrected chi connectivity index (χ0v) is 14.6. The van der Waals surface area contributed by atoms with Gasteiger partial charge in [0.1, 0.15) is 5.82 Å². The third-order valence-electron chi connectivity index (χ3n) is 4.00. The summed E-state index contributed by atoms with van der Waals surface area (Å²) in [6, 6.07) is 11.1. The molecule has 0 bridgehead atoms. The van der Waals surface area contributed by atoms with Crippen molar-refractivity contribution >= 4 is 23.5 Å². The van der Waals surface area contributed by atoms with E-state index in [4.69, 9.17) is 10.00 Å². The first-order valence-electron chi connectivity index (χ1n) is 8.46. The third kappa shape index (κ3) is 4.19. The van der Waals surface area contributed by atoms with E-state index in [1.54, 1.807) is 36.2 Å². The fourth-order valence-corrected chi connectivity index (χ4v) is 2.69. The summed E-state index contributed by atoms with van der Waals surface area (Å²) < 4.78 is 5.03. The number of rotatable bonds is 4. The van der Waals surface area contributed by atoms with Crippen LogP contribution in [0.2, 0.25) is 0 Å². The average Bonchev–Trinajstić information content (AvgIpc) is 2.69. The van der Waals surface area contributed by atoms with E-state index in [9.17, 15) is 4.79 Å². The predicted octanol–water partition coefficient (Wildman–Crippen LogP) is 2.37. The van der Waals surface area contributed by atoms with E-state index >= 15 is 0 Å². The van der Waals surface area contributed by atoms with Crippen molar-refractivity contribution < 1.29 is 9.53 Å². The molecule has 8 heteroatoms. The van der Waals surface area contributed by atoms with E-state index in [-0.39, 0.29) is 6.09 Å². The van der Waals surface area contributed by atoms with Crippen LogP contribution in [0.15, 0.2) is 36.5 Å². The van der Waals surface area contributed by atoms with Gasteiger partial charge in [-0.2, -0.15) is 10.2 Å². The van der Waals surface area contributed by atoms with Crippen LogP contribution in [0.4, 0.5) is 22.2 Å². The van der Waals surface area contributed by atoms with Crippen LogP contribution in [0.3, 0.4) is 0 Å². The van der Waals surface area contributed by atoms with Gasteiger partial charge >= 0.3 is 6.09 Å². The molecule has 1 N–H and O–H groups in total. The highest BCUT2D eigenvalue weighted by Crippen LogP contribution is 2.18. The van der Waals surface area contributed by atoms with Crippen LogP contribution < -0.4 is 10.2 Å². The standard InChI is InChI=1S/C18H20N6O2/c1-2-26-18(25)24-10-8-23(9-11-24)17-20-7-6-16(22-17)21-15-5-3-4-14(12-15)13-19/h3-7,12H,2,8-11H2,1H3,(H,20,21,22). The van der Waals surface area contributed by atoms with Crippen molar-refractivity contribution in [2.45, 2.75) is 6.92 Å². The van der Waals surface area contributed by atoms with Gasteiger partial charge in [-0.05, 0) is 31.2 Å². The number of hydrogen-bond donors (Lipinski definition) is 1. The minimum absolute atomic E-state index is 0.277. The lowest BCUT2D eigenvalue weighted by molar-refractivity contribution is 0.105. The Bertz CT molecular complexity index is 811. The highest BCUT2D eigenvalue weighted by molar-refractivity contribution is 5.68. The lowest BCUT2D eigenvalue weighted by atomic mass is 10.2. The highest BCUT2D eigenvalue weighted by atomic mass is 16.6. The Morgan fingerprint density at radius 2 is 2.12 bits per heavy atom. The van der Waals surface area contributed by atoms with Crippen molar-refractivity contribution in [1.29, 1.82) is 5.26 Å². The largest absolute Gasteiger partial charge is 0.450 e. The van der Waals surface area contributed by atoms with Crippen LogP contribution in [-0.2, 0) is 4.74 Å². The number of hydrogen-bond acceptors (Lipinski definition) is 7. The summed E-state index contributed by atoms with van der Waals surface area (Å²) in [5.74, 6) is 1.26. The number of carbonyl (C=O) groups is 1. The Balaban J connectivity index is 1.65. The Morgan fingerprint density at radius 1 is 1.31 bits per heavy atom. The van der Waals surface area contributed by atoms with Gasteiger partial charge in [0.2, 0.25) is 5.95 Å². The molecule has 3 rings (SSSR count). The molecule has 0 radical (unpaired) electrons. The van der Waals surface area contributed by atoms with Gasteiger partial charge in [0.25, 0.3) is 0 Å². The fourth-order valence-electron chi connectivity index (χ4n) is 2.69. The number of benzene rings is 1. The minimum atomic E-state index is -0.277. The number of piperazine rings is 1.